The van der Waals surface area contributed by atoms with Crippen molar-refractivity contribution < 1.29 is 18.0 Å². The zero-order valence-electron chi connectivity index (χ0n) is 19.0. The molecule has 2 fully saturated rings. The van der Waals surface area contributed by atoms with Gasteiger partial charge in [0.1, 0.15) is 5.01 Å². The van der Waals surface area contributed by atoms with Crippen LogP contribution in [-0.4, -0.2) is 53.9 Å². The summed E-state index contributed by atoms with van der Waals surface area (Å²) in [4.78, 5) is 32.0. The first-order valence-corrected chi connectivity index (χ1v) is 13.9. The monoisotopic (exact) mass is 497 g/mol. The van der Waals surface area contributed by atoms with Crippen LogP contribution in [0.2, 0.25) is 0 Å². The number of nitrogens with zero attached hydrogens (tertiary/aromatic N) is 3. The van der Waals surface area contributed by atoms with E-state index >= 15 is 0 Å². The lowest BCUT2D eigenvalue weighted by Gasteiger charge is -2.34. The first kappa shape index (κ1) is 23.1. The third-order valence-corrected chi connectivity index (χ3v) is 9.85. The molecule has 34 heavy (non-hydrogen) atoms. The summed E-state index contributed by atoms with van der Waals surface area (Å²) in [5, 5.41) is 0.984. The first-order valence-electron chi connectivity index (χ1n) is 11.6. The summed E-state index contributed by atoms with van der Waals surface area (Å²) in [6.07, 6.45) is 2.85. The maximum Gasteiger partial charge on any atom is 0.243 e. The predicted octanol–water partition coefficient (Wildman–Crippen LogP) is 4.26. The van der Waals surface area contributed by atoms with Gasteiger partial charge in [-0.05, 0) is 56.9 Å². The summed E-state index contributed by atoms with van der Waals surface area (Å²) in [6, 6.07) is 14.2. The van der Waals surface area contributed by atoms with Crippen LogP contribution in [0.1, 0.15) is 54.0 Å². The Morgan fingerprint density at radius 3 is 2.50 bits per heavy atom. The van der Waals surface area contributed by atoms with Crippen LogP contribution >= 0.6 is 11.3 Å². The molecule has 0 aliphatic carbocycles. The van der Waals surface area contributed by atoms with E-state index in [1.54, 1.807) is 23.5 Å². The summed E-state index contributed by atoms with van der Waals surface area (Å²) in [5.41, 5.74) is 1.34. The van der Waals surface area contributed by atoms with E-state index in [1.165, 1.54) is 23.4 Å². The molecule has 3 aromatic rings. The van der Waals surface area contributed by atoms with Crippen molar-refractivity contribution in [2.24, 2.45) is 5.92 Å². The van der Waals surface area contributed by atoms with Crippen molar-refractivity contribution in [1.82, 2.24) is 14.2 Å². The van der Waals surface area contributed by atoms with Crippen LogP contribution in [0.15, 0.2) is 53.4 Å². The fraction of sp³-hybridized carbons (Fsp3) is 0.400. The Labute approximate surface area is 203 Å². The van der Waals surface area contributed by atoms with Gasteiger partial charge < -0.3 is 4.90 Å². The van der Waals surface area contributed by atoms with E-state index in [9.17, 15) is 18.0 Å². The van der Waals surface area contributed by atoms with E-state index in [0.717, 1.165) is 34.6 Å². The molecule has 178 valence electrons. The molecule has 0 N–H and O–H groups in total. The van der Waals surface area contributed by atoms with Crippen LogP contribution in [0.3, 0.4) is 0 Å². The van der Waals surface area contributed by atoms with Gasteiger partial charge in [-0.2, -0.15) is 4.31 Å². The number of sulfonamides is 1. The summed E-state index contributed by atoms with van der Waals surface area (Å²) in [5.74, 6) is -0.253. The molecule has 0 saturated carbocycles. The number of Topliss-reactive ketones (excluding diaryl/α,β-unsaturated/α-hetero) is 1. The number of ketones is 1. The molecule has 2 aliphatic heterocycles. The fourth-order valence-corrected chi connectivity index (χ4v) is 7.55. The summed E-state index contributed by atoms with van der Waals surface area (Å²) in [6.45, 7) is 2.73. The molecule has 2 aromatic carbocycles. The van der Waals surface area contributed by atoms with Crippen LogP contribution < -0.4 is 0 Å². The SMILES string of the molecule is CC(=O)c1cccc(S(=O)(=O)N2CCC(C(=O)N3CCC[C@@H]3c3nc4ccccc4s3)CC2)c1. The molecule has 2 saturated heterocycles. The number of thiazole rings is 1. The number of benzene rings is 2. The van der Waals surface area contributed by atoms with Crippen molar-refractivity contribution in [2.75, 3.05) is 19.6 Å². The topological polar surface area (TPSA) is 87.7 Å². The molecule has 1 amide bonds. The van der Waals surface area contributed by atoms with E-state index in [0.29, 0.717) is 31.5 Å². The van der Waals surface area contributed by atoms with Crippen LogP contribution in [0.4, 0.5) is 0 Å². The van der Waals surface area contributed by atoms with E-state index in [4.69, 9.17) is 4.98 Å². The quantitative estimate of drug-likeness (QED) is 0.492. The summed E-state index contributed by atoms with van der Waals surface area (Å²) >= 11 is 1.65. The van der Waals surface area contributed by atoms with Crippen molar-refractivity contribution in [2.45, 2.75) is 43.5 Å². The molecule has 0 radical (unpaired) electrons. The Morgan fingerprint density at radius 1 is 1.00 bits per heavy atom. The molecule has 1 aromatic heterocycles. The molecule has 7 nitrogen and oxygen atoms in total. The second kappa shape index (κ2) is 9.20. The van der Waals surface area contributed by atoms with Crippen molar-refractivity contribution in [3.05, 3.63) is 59.1 Å². The van der Waals surface area contributed by atoms with Gasteiger partial charge in [0, 0.05) is 31.1 Å². The van der Waals surface area contributed by atoms with Crippen LogP contribution in [0.25, 0.3) is 10.2 Å². The van der Waals surface area contributed by atoms with Crippen molar-refractivity contribution in [3.8, 4) is 0 Å². The van der Waals surface area contributed by atoms with Gasteiger partial charge in [-0.1, -0.05) is 24.3 Å². The lowest BCUT2D eigenvalue weighted by atomic mass is 9.96. The second-order valence-electron chi connectivity index (χ2n) is 8.97. The Morgan fingerprint density at radius 2 is 1.76 bits per heavy atom. The van der Waals surface area contributed by atoms with E-state index in [1.807, 2.05) is 23.1 Å². The summed E-state index contributed by atoms with van der Waals surface area (Å²) < 4.78 is 28.8. The molecule has 5 rings (SSSR count). The molecular weight excluding hydrogens is 470 g/mol. The van der Waals surface area contributed by atoms with Gasteiger partial charge in [0.2, 0.25) is 15.9 Å². The fourth-order valence-electron chi connectivity index (χ4n) is 4.92. The zero-order chi connectivity index (χ0) is 23.9. The van der Waals surface area contributed by atoms with Crippen molar-refractivity contribution >= 4 is 43.3 Å². The first-order chi connectivity index (χ1) is 16.3. The average Bonchev–Trinajstić information content (AvgIpc) is 3.51. The van der Waals surface area contributed by atoms with Gasteiger partial charge in [0.25, 0.3) is 0 Å². The number of hydrogen-bond acceptors (Lipinski definition) is 6. The third-order valence-electron chi connectivity index (χ3n) is 6.81. The zero-order valence-corrected chi connectivity index (χ0v) is 20.6. The Balaban J connectivity index is 1.27. The molecule has 9 heteroatoms. The number of aromatic nitrogens is 1. The molecule has 0 unspecified atom stereocenters. The van der Waals surface area contributed by atoms with Gasteiger partial charge in [-0.3, -0.25) is 9.59 Å². The third kappa shape index (κ3) is 4.28. The minimum absolute atomic E-state index is 0.000910. The minimum atomic E-state index is -3.71. The lowest BCUT2D eigenvalue weighted by Crippen LogP contribution is -2.44. The van der Waals surface area contributed by atoms with Crippen molar-refractivity contribution in [1.29, 1.82) is 0 Å². The minimum Gasteiger partial charge on any atom is -0.333 e. The smallest absolute Gasteiger partial charge is 0.243 e. The average molecular weight is 498 g/mol. The van der Waals surface area contributed by atoms with Gasteiger partial charge in [-0.25, -0.2) is 13.4 Å². The Hall–Kier alpha value is -2.62. The van der Waals surface area contributed by atoms with E-state index in [2.05, 4.69) is 6.07 Å². The highest BCUT2D eigenvalue weighted by atomic mass is 32.2. The van der Waals surface area contributed by atoms with Crippen LogP contribution in [-0.2, 0) is 14.8 Å². The number of fused-ring (bicyclic) bond motifs is 1. The highest BCUT2D eigenvalue weighted by Crippen LogP contribution is 2.38. The lowest BCUT2D eigenvalue weighted by molar-refractivity contribution is -0.137. The standard InChI is InChI=1S/C25H27N3O4S2/c1-17(29)19-6-4-7-20(16-19)34(31,32)27-14-11-18(12-15-27)25(30)28-13-5-9-22(28)24-26-21-8-2-3-10-23(21)33-24/h2-4,6-8,10,16,18,22H,5,9,11-15H2,1H3/t22-/m1/s1. The number of carbonyl (C=O) groups is 2. The second-order valence-corrected chi connectivity index (χ2v) is 12.0. The number of piperidine rings is 1. The molecule has 1 atom stereocenters. The molecule has 0 bridgehead atoms. The maximum atomic E-state index is 13.4. The number of likely N-dealkylation sites (tertiary alicyclic amines) is 1. The number of carbonyl (C=O) groups excluding carboxylic acids is 2. The predicted molar refractivity (Wildman–Crippen MR) is 131 cm³/mol. The van der Waals surface area contributed by atoms with Gasteiger partial charge >= 0.3 is 0 Å². The normalized spacial score (nSPS) is 20.1. The number of amides is 1. The molecule has 2 aliphatic rings. The van der Waals surface area contributed by atoms with Gasteiger partial charge in [-0.15, -0.1) is 11.3 Å². The largest absolute Gasteiger partial charge is 0.333 e. The highest BCUT2D eigenvalue weighted by Gasteiger charge is 2.38. The number of para-hydroxylation sites is 1. The Bertz CT molecular complexity index is 1310. The molecule has 3 heterocycles. The highest BCUT2D eigenvalue weighted by molar-refractivity contribution is 7.89. The number of hydrogen-bond donors (Lipinski definition) is 0. The molecular formula is C25H27N3O4S2. The van der Waals surface area contributed by atoms with E-state index < -0.39 is 10.0 Å². The van der Waals surface area contributed by atoms with Crippen molar-refractivity contribution in [3.63, 3.8) is 0 Å². The van der Waals surface area contributed by atoms with Crippen LogP contribution in [0, 0.1) is 5.92 Å². The molecule has 0 spiro atoms. The maximum absolute atomic E-state index is 13.4. The number of rotatable bonds is 5. The van der Waals surface area contributed by atoms with Gasteiger partial charge in [0.15, 0.2) is 5.78 Å². The van der Waals surface area contributed by atoms with Gasteiger partial charge in [0.05, 0.1) is 21.2 Å². The van der Waals surface area contributed by atoms with E-state index in [-0.39, 0.29) is 28.5 Å². The summed E-state index contributed by atoms with van der Waals surface area (Å²) in [7, 11) is -3.71. The Kier molecular flexibility index (Phi) is 6.26. The van der Waals surface area contributed by atoms with Crippen LogP contribution in [0.5, 0.6) is 0 Å².